The molecule has 1 saturated heterocycles. The van der Waals surface area contributed by atoms with Crippen LogP contribution in [0.2, 0.25) is 0 Å². The molecule has 0 aromatic heterocycles. The van der Waals surface area contributed by atoms with Crippen LogP contribution in [0.1, 0.15) is 77.8 Å². The lowest BCUT2D eigenvalue weighted by Gasteiger charge is -2.28. The number of likely N-dealkylation sites (N-methyl/N-ethyl adjacent to an activating group) is 1. The number of carboxylic acid groups (broad SMARTS) is 2. The first-order valence-corrected chi connectivity index (χ1v) is 24.7. The highest BCUT2D eigenvalue weighted by atomic mass is 16.5. The van der Waals surface area contributed by atoms with Crippen LogP contribution in [0.25, 0.3) is 0 Å². The van der Waals surface area contributed by atoms with Gasteiger partial charge in [0.1, 0.15) is 35.9 Å². The molecule has 1 heterocycles. The Morgan fingerprint density at radius 3 is 1.95 bits per heavy atom. The zero-order chi connectivity index (χ0) is 55.9. The number of aryl methyl sites for hydroxylation is 1. The molecule has 1 aliphatic rings. The number of nitrogens with one attached hydrogen (secondary N) is 6. The molecule has 75 heavy (non-hydrogen) atoms. The SMILES string of the molecule is C=C1C(=O)N[C@H](C)C(=O)N[C@@H](CCc2ccccc2)C(=O)N[C@@H](C(=O)O)[C@H](C)C(=O)N[C@@H](CCCN=C(N)N)C(=O)N[C@@H](/C=C/C(C)=C/[C@H](C)[C@H](Cc2ccccc2)OC)[C@H](C)C(=O)N[C@@H](C(=O)O)CCC(=O)N1C. The Hall–Kier alpha value is -7.88. The van der Waals surface area contributed by atoms with Crippen molar-refractivity contribution in [1.82, 2.24) is 36.8 Å². The van der Waals surface area contributed by atoms with Crippen LogP contribution in [0.3, 0.4) is 0 Å². The highest BCUT2D eigenvalue weighted by Gasteiger charge is 2.37. The van der Waals surface area contributed by atoms with Gasteiger partial charge in [0.2, 0.25) is 35.4 Å². The molecule has 10 atom stereocenters. The molecular formula is C53H74N10O12. The van der Waals surface area contributed by atoms with Gasteiger partial charge in [-0.05, 0) is 63.5 Å². The summed E-state index contributed by atoms with van der Waals surface area (Å²) in [5.41, 5.74) is 13.2. The second kappa shape index (κ2) is 30.3. The second-order valence-corrected chi connectivity index (χ2v) is 18.7. The van der Waals surface area contributed by atoms with Gasteiger partial charge >= 0.3 is 11.9 Å². The molecule has 0 bridgehead atoms. The summed E-state index contributed by atoms with van der Waals surface area (Å²) < 4.78 is 5.82. The number of hydrogen-bond donors (Lipinski definition) is 10. The van der Waals surface area contributed by atoms with E-state index in [-0.39, 0.29) is 50.2 Å². The quantitative estimate of drug-likeness (QED) is 0.0372. The summed E-state index contributed by atoms with van der Waals surface area (Å²) >= 11 is 0. The molecule has 2 aromatic carbocycles. The maximum absolute atomic E-state index is 14.5. The van der Waals surface area contributed by atoms with Crippen molar-refractivity contribution in [2.75, 3.05) is 20.7 Å². The molecular weight excluding hydrogens is 969 g/mol. The number of aliphatic imine (C=N–C) groups is 1. The lowest BCUT2D eigenvalue weighted by atomic mass is 9.94. The minimum atomic E-state index is -1.91. The standard InChI is InChI=1S/C53H74N10O12/c1-30(28-31(2)42(75-8)29-37-18-13-10-14-19-37)21-23-38-32(3)45(65)61-41(51(71)72)25-26-43(64)63(7)35(6)48(68)57-34(5)47(67)60-40(24-22-36-16-11-9-12-17-36)50(70)62-44(52(73)74)33(4)46(66)59-39(49(69)58-38)20-15-27-56-53(54)55/h9-14,16-19,21,23,28,31-34,38-42,44H,6,15,20,22,24-27,29H2,1-5,7-8H3,(H,57,68)(H,58,69)(H,59,66)(H,60,67)(H,61,65)(H,62,70)(H,71,72)(H,73,74)(H4,54,55,56)/b23-21+,30-28+/t31-,32-,33-,34+,38-,39-,40-,41+,42-,44+/m0/s1. The fourth-order valence-corrected chi connectivity index (χ4v) is 7.98. The molecule has 0 unspecified atom stereocenters. The number of carbonyl (C=O) groups is 9. The Bertz CT molecular complexity index is 2430. The first-order chi connectivity index (χ1) is 35.4. The van der Waals surface area contributed by atoms with E-state index < -0.39 is 120 Å². The Morgan fingerprint density at radius 1 is 0.787 bits per heavy atom. The Balaban J connectivity index is 2.13. The third-order valence-electron chi connectivity index (χ3n) is 12.8. The molecule has 0 aliphatic carbocycles. The molecule has 3 rings (SSSR count). The van der Waals surface area contributed by atoms with Crippen molar-refractivity contribution in [3.63, 3.8) is 0 Å². The van der Waals surface area contributed by atoms with Crippen LogP contribution in [0, 0.1) is 17.8 Å². The number of allylic oxidation sites excluding steroid dienone is 2. The lowest BCUT2D eigenvalue weighted by molar-refractivity contribution is -0.146. The van der Waals surface area contributed by atoms with Crippen LogP contribution in [-0.4, -0.2) is 137 Å². The van der Waals surface area contributed by atoms with Gasteiger partial charge in [-0.15, -0.1) is 0 Å². The van der Waals surface area contributed by atoms with Gasteiger partial charge in [0.15, 0.2) is 5.96 Å². The van der Waals surface area contributed by atoms with Crippen LogP contribution in [0.5, 0.6) is 0 Å². The third-order valence-corrected chi connectivity index (χ3v) is 12.8. The molecule has 22 heteroatoms. The molecule has 408 valence electrons. The number of ether oxygens (including phenoxy) is 1. The third kappa shape index (κ3) is 20.2. The normalized spacial score (nSPS) is 24.5. The van der Waals surface area contributed by atoms with Gasteiger partial charge in [0.05, 0.1) is 24.0 Å². The number of hydrogen-bond acceptors (Lipinski definition) is 11. The molecule has 0 spiro atoms. The van der Waals surface area contributed by atoms with E-state index in [9.17, 15) is 53.4 Å². The zero-order valence-corrected chi connectivity index (χ0v) is 43.7. The number of nitrogens with zero attached hydrogens (tertiary/aromatic N) is 2. The van der Waals surface area contributed by atoms with Crippen molar-refractivity contribution < 1.29 is 58.1 Å². The highest BCUT2D eigenvalue weighted by molar-refractivity contribution is 6.00. The van der Waals surface area contributed by atoms with Crippen molar-refractivity contribution in [3.8, 4) is 0 Å². The van der Waals surface area contributed by atoms with Gasteiger partial charge in [-0.1, -0.05) is 112 Å². The van der Waals surface area contributed by atoms with Gasteiger partial charge in [0, 0.05) is 33.0 Å². The van der Waals surface area contributed by atoms with Crippen molar-refractivity contribution in [3.05, 3.63) is 108 Å². The van der Waals surface area contributed by atoms with E-state index >= 15 is 0 Å². The van der Waals surface area contributed by atoms with Gasteiger partial charge in [-0.3, -0.25) is 38.6 Å². The summed E-state index contributed by atoms with van der Waals surface area (Å²) in [6.45, 7) is 11.4. The molecule has 1 fully saturated rings. The predicted molar refractivity (Wildman–Crippen MR) is 280 cm³/mol. The minimum Gasteiger partial charge on any atom is -0.480 e. The topological polar surface area (TPSA) is 343 Å². The van der Waals surface area contributed by atoms with Crippen LogP contribution >= 0.6 is 0 Å². The average Bonchev–Trinajstić information content (AvgIpc) is 3.37. The summed E-state index contributed by atoms with van der Waals surface area (Å²) in [5, 5.41) is 35.8. The molecule has 7 amide bonds. The summed E-state index contributed by atoms with van der Waals surface area (Å²) in [6, 6.07) is 9.73. The summed E-state index contributed by atoms with van der Waals surface area (Å²) in [4.78, 5) is 127. The Kier molecular flexibility index (Phi) is 24.9. The van der Waals surface area contributed by atoms with Crippen molar-refractivity contribution in [2.24, 2.45) is 34.2 Å². The smallest absolute Gasteiger partial charge is 0.327 e. The van der Waals surface area contributed by atoms with Gasteiger partial charge < -0.3 is 63.2 Å². The molecule has 22 nitrogen and oxygen atoms in total. The van der Waals surface area contributed by atoms with Crippen LogP contribution in [0.15, 0.2) is 102 Å². The number of rotatable bonds is 16. The number of amides is 7. The summed E-state index contributed by atoms with van der Waals surface area (Å²) in [6.07, 6.45) is 4.76. The van der Waals surface area contributed by atoms with E-state index in [2.05, 4.69) is 43.5 Å². The molecule has 0 radical (unpaired) electrons. The van der Waals surface area contributed by atoms with Gasteiger partial charge in [-0.25, -0.2) is 9.59 Å². The summed E-state index contributed by atoms with van der Waals surface area (Å²) in [5.74, 6) is -12.5. The predicted octanol–water partition coefficient (Wildman–Crippen LogP) is 1.21. The second-order valence-electron chi connectivity index (χ2n) is 18.7. The monoisotopic (exact) mass is 1040 g/mol. The molecule has 12 N–H and O–H groups in total. The number of methoxy groups -OCH3 is 1. The average molecular weight is 1040 g/mol. The fourth-order valence-electron chi connectivity index (χ4n) is 7.98. The van der Waals surface area contributed by atoms with Crippen molar-refractivity contribution in [2.45, 2.75) is 122 Å². The number of benzene rings is 2. The first-order valence-electron chi connectivity index (χ1n) is 24.7. The Morgan fingerprint density at radius 2 is 1.36 bits per heavy atom. The highest BCUT2D eigenvalue weighted by Crippen LogP contribution is 2.19. The maximum Gasteiger partial charge on any atom is 0.327 e. The summed E-state index contributed by atoms with van der Waals surface area (Å²) in [7, 11) is 2.82. The van der Waals surface area contributed by atoms with E-state index in [0.717, 1.165) is 16.0 Å². The maximum atomic E-state index is 14.5. The Labute approximate surface area is 437 Å². The largest absolute Gasteiger partial charge is 0.480 e. The van der Waals surface area contributed by atoms with Crippen LogP contribution in [-0.2, 0) is 60.7 Å². The van der Waals surface area contributed by atoms with Gasteiger partial charge in [-0.2, -0.15) is 0 Å². The number of nitrogens with two attached hydrogens (primary N) is 2. The van der Waals surface area contributed by atoms with Crippen LogP contribution < -0.4 is 43.4 Å². The minimum absolute atomic E-state index is 0.0176. The molecule has 0 saturated carbocycles. The first kappa shape index (κ1) is 61.4. The van der Waals surface area contributed by atoms with E-state index in [0.29, 0.717) is 12.0 Å². The van der Waals surface area contributed by atoms with E-state index in [1.165, 1.54) is 33.9 Å². The van der Waals surface area contributed by atoms with E-state index in [4.69, 9.17) is 16.2 Å². The number of carbonyl (C=O) groups excluding carboxylic acids is 7. The van der Waals surface area contributed by atoms with Crippen molar-refractivity contribution in [1.29, 1.82) is 0 Å². The van der Waals surface area contributed by atoms with E-state index in [1.807, 2.05) is 43.3 Å². The van der Waals surface area contributed by atoms with Crippen molar-refractivity contribution >= 4 is 59.2 Å². The number of carboxylic acids is 2. The fraction of sp³-hybridized carbons (Fsp3) is 0.472. The van der Waals surface area contributed by atoms with E-state index in [1.54, 1.807) is 50.4 Å². The molecule has 2 aromatic rings. The zero-order valence-electron chi connectivity index (χ0n) is 43.7. The van der Waals surface area contributed by atoms with Gasteiger partial charge in [0.25, 0.3) is 5.91 Å². The lowest BCUT2D eigenvalue weighted by Crippen LogP contribution is -2.59. The number of aliphatic carboxylic acids is 2. The molecule has 1 aliphatic heterocycles. The van der Waals surface area contributed by atoms with Crippen LogP contribution in [0.4, 0.5) is 0 Å². The number of guanidine groups is 1.